The standard InChI is InChI=1S/C22H22N2O5/c25-21(26)14-28-13-15-5-3-9-24(12-15)22(27)17-11-19(20-8-4-10-29-20)23-18-7-2-1-6-16(17)18/h1-2,4,6-8,10-11,15H,3,5,9,12-14H2,(H,25,26). The highest BCUT2D eigenvalue weighted by Crippen LogP contribution is 2.27. The molecule has 0 bridgehead atoms. The molecule has 150 valence electrons. The molecule has 29 heavy (non-hydrogen) atoms. The molecule has 7 heteroatoms. The molecule has 3 aromatic rings. The van der Waals surface area contributed by atoms with Crippen molar-refractivity contribution in [1.82, 2.24) is 9.88 Å². The molecule has 1 fully saturated rings. The third kappa shape index (κ3) is 4.30. The van der Waals surface area contributed by atoms with Crippen LogP contribution in [0.2, 0.25) is 0 Å². The van der Waals surface area contributed by atoms with E-state index in [9.17, 15) is 9.59 Å². The Morgan fingerprint density at radius 2 is 2.10 bits per heavy atom. The number of benzene rings is 1. The molecule has 7 nitrogen and oxygen atoms in total. The molecule has 0 aliphatic carbocycles. The van der Waals surface area contributed by atoms with Crippen molar-refractivity contribution in [3.8, 4) is 11.5 Å². The van der Waals surface area contributed by atoms with Crippen LogP contribution in [-0.2, 0) is 9.53 Å². The van der Waals surface area contributed by atoms with Crippen molar-refractivity contribution in [3.05, 3.63) is 54.3 Å². The summed E-state index contributed by atoms with van der Waals surface area (Å²) in [4.78, 5) is 30.5. The van der Waals surface area contributed by atoms with Gasteiger partial charge in [-0.15, -0.1) is 0 Å². The van der Waals surface area contributed by atoms with Crippen molar-refractivity contribution >= 4 is 22.8 Å². The number of carbonyl (C=O) groups excluding carboxylic acids is 1. The average molecular weight is 394 g/mol. The Balaban J connectivity index is 1.60. The van der Waals surface area contributed by atoms with Crippen molar-refractivity contribution in [2.75, 3.05) is 26.3 Å². The fraction of sp³-hybridized carbons (Fsp3) is 0.318. The molecule has 1 unspecified atom stereocenters. The number of nitrogens with zero attached hydrogens (tertiary/aromatic N) is 2. The van der Waals surface area contributed by atoms with E-state index < -0.39 is 5.97 Å². The minimum atomic E-state index is -0.984. The van der Waals surface area contributed by atoms with Crippen molar-refractivity contribution in [1.29, 1.82) is 0 Å². The van der Waals surface area contributed by atoms with E-state index in [1.807, 2.05) is 35.2 Å². The number of furan rings is 1. The Kier molecular flexibility index (Phi) is 5.57. The van der Waals surface area contributed by atoms with Gasteiger partial charge in [0.1, 0.15) is 12.3 Å². The Bertz CT molecular complexity index is 1020. The molecule has 0 spiro atoms. The predicted octanol–water partition coefficient (Wildman–Crippen LogP) is 3.45. The number of hydrogen-bond donors (Lipinski definition) is 1. The highest BCUT2D eigenvalue weighted by molar-refractivity contribution is 6.07. The maximum absolute atomic E-state index is 13.4. The van der Waals surface area contributed by atoms with Gasteiger partial charge < -0.3 is 19.2 Å². The zero-order valence-electron chi connectivity index (χ0n) is 15.9. The molecule has 0 radical (unpaired) electrons. The molecule has 0 saturated carbocycles. The Hall–Kier alpha value is -3.19. The number of carboxylic acids is 1. The topological polar surface area (TPSA) is 92.9 Å². The molecular weight excluding hydrogens is 372 g/mol. The number of aliphatic carboxylic acids is 1. The lowest BCUT2D eigenvalue weighted by atomic mass is 9.97. The first kappa shape index (κ1) is 19.1. The van der Waals surface area contributed by atoms with Gasteiger partial charge in [-0.3, -0.25) is 4.79 Å². The molecule has 1 aliphatic rings. The first-order chi connectivity index (χ1) is 14.1. The van der Waals surface area contributed by atoms with Crippen LogP contribution in [0, 0.1) is 5.92 Å². The molecule has 1 aromatic carbocycles. The van der Waals surface area contributed by atoms with Crippen LogP contribution in [0.5, 0.6) is 0 Å². The predicted molar refractivity (Wildman–Crippen MR) is 107 cm³/mol. The van der Waals surface area contributed by atoms with Gasteiger partial charge in [0.05, 0.1) is 24.0 Å². The normalized spacial score (nSPS) is 16.8. The van der Waals surface area contributed by atoms with Crippen molar-refractivity contribution < 1.29 is 23.8 Å². The summed E-state index contributed by atoms with van der Waals surface area (Å²) in [6.45, 7) is 1.24. The first-order valence-electron chi connectivity index (χ1n) is 9.64. The van der Waals surface area contributed by atoms with Gasteiger partial charge in [0.15, 0.2) is 5.76 Å². The second-order valence-corrected chi connectivity index (χ2v) is 7.22. The number of fused-ring (bicyclic) bond motifs is 1. The smallest absolute Gasteiger partial charge is 0.329 e. The van der Waals surface area contributed by atoms with Crippen LogP contribution in [0.3, 0.4) is 0 Å². The van der Waals surface area contributed by atoms with Crippen LogP contribution in [0.1, 0.15) is 23.2 Å². The first-order valence-corrected chi connectivity index (χ1v) is 9.64. The van der Waals surface area contributed by atoms with Crippen molar-refractivity contribution in [2.24, 2.45) is 5.92 Å². The van der Waals surface area contributed by atoms with E-state index in [1.54, 1.807) is 18.4 Å². The number of aromatic nitrogens is 1. The number of piperidine rings is 1. The quantitative estimate of drug-likeness (QED) is 0.688. The minimum Gasteiger partial charge on any atom is -0.480 e. The highest BCUT2D eigenvalue weighted by Gasteiger charge is 2.26. The van der Waals surface area contributed by atoms with E-state index >= 15 is 0 Å². The Morgan fingerprint density at radius 1 is 1.24 bits per heavy atom. The fourth-order valence-corrected chi connectivity index (χ4v) is 3.77. The van der Waals surface area contributed by atoms with Gasteiger partial charge in [-0.25, -0.2) is 9.78 Å². The van der Waals surface area contributed by atoms with Crippen LogP contribution >= 0.6 is 0 Å². The maximum atomic E-state index is 13.4. The lowest BCUT2D eigenvalue weighted by Crippen LogP contribution is -2.41. The van der Waals surface area contributed by atoms with E-state index in [-0.39, 0.29) is 18.4 Å². The van der Waals surface area contributed by atoms with Crippen molar-refractivity contribution in [2.45, 2.75) is 12.8 Å². The zero-order valence-corrected chi connectivity index (χ0v) is 15.9. The van der Waals surface area contributed by atoms with Crippen LogP contribution < -0.4 is 0 Å². The number of rotatable bonds is 6. The molecule has 3 heterocycles. The number of hydrogen-bond acceptors (Lipinski definition) is 5. The van der Waals surface area contributed by atoms with Gasteiger partial charge in [0.25, 0.3) is 5.91 Å². The zero-order chi connectivity index (χ0) is 20.2. The molecule has 4 rings (SSSR count). The SMILES string of the molecule is O=C(O)COCC1CCCN(C(=O)c2cc(-c3ccco3)nc3ccccc23)C1. The number of carboxylic acid groups (broad SMARTS) is 1. The summed E-state index contributed by atoms with van der Waals surface area (Å²) in [7, 11) is 0. The number of carbonyl (C=O) groups is 2. The molecule has 1 amide bonds. The highest BCUT2D eigenvalue weighted by atomic mass is 16.5. The summed E-state index contributed by atoms with van der Waals surface area (Å²) in [5.74, 6) is -0.296. The second-order valence-electron chi connectivity index (χ2n) is 7.22. The molecule has 2 aromatic heterocycles. The van der Waals surface area contributed by atoms with E-state index in [0.29, 0.717) is 36.7 Å². The monoisotopic (exact) mass is 394 g/mol. The van der Waals surface area contributed by atoms with E-state index in [2.05, 4.69) is 4.98 Å². The lowest BCUT2D eigenvalue weighted by Gasteiger charge is -2.33. The molecular formula is C22H22N2O5. The van der Waals surface area contributed by atoms with E-state index in [1.165, 1.54) is 0 Å². The number of para-hydroxylation sites is 1. The number of amides is 1. The molecule has 1 saturated heterocycles. The fourth-order valence-electron chi connectivity index (χ4n) is 3.77. The Morgan fingerprint density at radius 3 is 2.90 bits per heavy atom. The van der Waals surface area contributed by atoms with E-state index in [0.717, 1.165) is 23.7 Å². The summed E-state index contributed by atoms with van der Waals surface area (Å²) in [5.41, 5.74) is 1.95. The molecule has 1 atom stereocenters. The summed E-state index contributed by atoms with van der Waals surface area (Å²) in [5, 5.41) is 9.54. The number of pyridine rings is 1. The van der Waals surface area contributed by atoms with Gasteiger partial charge >= 0.3 is 5.97 Å². The third-order valence-electron chi connectivity index (χ3n) is 5.11. The number of ether oxygens (including phenoxy) is 1. The van der Waals surface area contributed by atoms with Gasteiger partial charge in [-0.2, -0.15) is 0 Å². The lowest BCUT2D eigenvalue weighted by molar-refractivity contribution is -0.142. The molecule has 1 N–H and O–H groups in total. The largest absolute Gasteiger partial charge is 0.480 e. The van der Waals surface area contributed by atoms with Gasteiger partial charge in [-0.1, -0.05) is 18.2 Å². The third-order valence-corrected chi connectivity index (χ3v) is 5.11. The van der Waals surface area contributed by atoms with Crippen LogP contribution in [0.4, 0.5) is 0 Å². The average Bonchev–Trinajstić information content (AvgIpc) is 3.27. The van der Waals surface area contributed by atoms with Crippen LogP contribution in [0.25, 0.3) is 22.4 Å². The van der Waals surface area contributed by atoms with Gasteiger partial charge in [0, 0.05) is 18.5 Å². The summed E-state index contributed by atoms with van der Waals surface area (Å²) < 4.78 is 10.7. The van der Waals surface area contributed by atoms with Crippen molar-refractivity contribution in [3.63, 3.8) is 0 Å². The maximum Gasteiger partial charge on any atom is 0.329 e. The van der Waals surface area contributed by atoms with Gasteiger partial charge in [0.2, 0.25) is 0 Å². The van der Waals surface area contributed by atoms with Crippen LogP contribution in [-0.4, -0.2) is 53.2 Å². The summed E-state index contributed by atoms with van der Waals surface area (Å²) >= 11 is 0. The summed E-state index contributed by atoms with van der Waals surface area (Å²) in [6, 6.07) is 13.0. The second kappa shape index (κ2) is 8.45. The Labute approximate surface area is 167 Å². The minimum absolute atomic E-state index is 0.0562. The van der Waals surface area contributed by atoms with Crippen LogP contribution in [0.15, 0.2) is 53.1 Å². The molecule has 1 aliphatic heterocycles. The van der Waals surface area contributed by atoms with Gasteiger partial charge in [-0.05, 0) is 43.0 Å². The number of likely N-dealkylation sites (tertiary alicyclic amines) is 1. The summed E-state index contributed by atoms with van der Waals surface area (Å²) in [6.07, 6.45) is 3.36. The van der Waals surface area contributed by atoms with E-state index in [4.69, 9.17) is 14.3 Å².